The van der Waals surface area contributed by atoms with Gasteiger partial charge in [-0.3, -0.25) is 4.79 Å². The van der Waals surface area contributed by atoms with E-state index in [-0.39, 0.29) is 24.2 Å². The molecule has 0 N–H and O–H groups in total. The number of piperidine rings is 1. The number of hydrogen-bond acceptors (Lipinski definition) is 4. The summed E-state index contributed by atoms with van der Waals surface area (Å²) in [4.78, 5) is 18.3. The number of nitrogens with zero attached hydrogens (tertiary/aromatic N) is 3. The molecule has 1 saturated heterocycles. The van der Waals surface area contributed by atoms with Crippen molar-refractivity contribution in [1.82, 2.24) is 9.88 Å². The third-order valence-electron chi connectivity index (χ3n) is 4.18. The molecule has 0 bridgehead atoms. The lowest BCUT2D eigenvalue weighted by Crippen LogP contribution is -2.45. The Balaban J connectivity index is 1.61. The molecule has 1 unspecified atom stereocenters. The van der Waals surface area contributed by atoms with E-state index in [4.69, 9.17) is 10.00 Å². The number of likely N-dealkylation sites (tertiary alicyclic amines) is 1. The van der Waals surface area contributed by atoms with E-state index in [0.29, 0.717) is 30.1 Å². The maximum absolute atomic E-state index is 13.7. The normalized spacial score (nSPS) is 17.0. The number of rotatable bonds is 4. The molecule has 2 aromatic rings. The van der Waals surface area contributed by atoms with Crippen molar-refractivity contribution >= 4 is 5.91 Å². The summed E-state index contributed by atoms with van der Waals surface area (Å²) in [6.45, 7) is 1.07. The lowest BCUT2D eigenvalue weighted by Gasteiger charge is -2.32. The standard InChI is InChI=1S/C19H18FN3O2/c20-17-6-2-1-4-15(17)11-19(24)23-9-3-5-16(13-23)25-18-10-14(12-21)7-8-22-18/h1-2,4,6-8,10,16H,3,5,9,11,13H2. The maximum atomic E-state index is 13.7. The Morgan fingerprint density at radius 2 is 2.24 bits per heavy atom. The maximum Gasteiger partial charge on any atom is 0.227 e. The van der Waals surface area contributed by atoms with Crippen LogP contribution in [0, 0.1) is 17.1 Å². The van der Waals surface area contributed by atoms with E-state index >= 15 is 0 Å². The number of benzene rings is 1. The van der Waals surface area contributed by atoms with Crippen molar-refractivity contribution in [2.75, 3.05) is 13.1 Å². The molecule has 1 aromatic heterocycles. The van der Waals surface area contributed by atoms with E-state index in [1.54, 1.807) is 35.2 Å². The highest BCUT2D eigenvalue weighted by Crippen LogP contribution is 2.19. The van der Waals surface area contributed by atoms with Crippen molar-refractivity contribution in [3.05, 3.63) is 59.5 Å². The van der Waals surface area contributed by atoms with Crippen molar-refractivity contribution in [3.8, 4) is 11.9 Å². The van der Waals surface area contributed by atoms with Gasteiger partial charge < -0.3 is 9.64 Å². The van der Waals surface area contributed by atoms with E-state index in [0.717, 1.165) is 12.8 Å². The molecule has 0 saturated carbocycles. The van der Waals surface area contributed by atoms with Crippen LogP contribution in [-0.4, -0.2) is 35.0 Å². The molecular formula is C19H18FN3O2. The molecule has 5 nitrogen and oxygen atoms in total. The Bertz CT molecular complexity index is 803. The van der Waals surface area contributed by atoms with Crippen molar-refractivity contribution in [2.24, 2.45) is 0 Å². The number of carbonyl (C=O) groups excluding carboxylic acids is 1. The first-order valence-corrected chi connectivity index (χ1v) is 8.19. The number of ether oxygens (including phenoxy) is 1. The van der Waals surface area contributed by atoms with Crippen LogP contribution in [-0.2, 0) is 11.2 Å². The molecule has 0 aliphatic carbocycles. The lowest BCUT2D eigenvalue weighted by molar-refractivity contribution is -0.133. The third-order valence-corrected chi connectivity index (χ3v) is 4.18. The number of amides is 1. The van der Waals surface area contributed by atoms with Gasteiger partial charge >= 0.3 is 0 Å². The van der Waals surface area contributed by atoms with Gasteiger partial charge in [-0.25, -0.2) is 9.37 Å². The SMILES string of the molecule is N#Cc1ccnc(OC2CCCN(C(=O)Cc3ccccc3F)C2)c1. The largest absolute Gasteiger partial charge is 0.472 e. The van der Waals surface area contributed by atoms with Gasteiger partial charge in [-0.2, -0.15) is 5.26 Å². The summed E-state index contributed by atoms with van der Waals surface area (Å²) in [6.07, 6.45) is 3.01. The lowest BCUT2D eigenvalue weighted by atomic mass is 10.1. The minimum Gasteiger partial charge on any atom is -0.472 e. The number of carbonyl (C=O) groups is 1. The second kappa shape index (κ2) is 7.75. The zero-order valence-corrected chi connectivity index (χ0v) is 13.7. The minimum atomic E-state index is -0.363. The highest BCUT2D eigenvalue weighted by atomic mass is 19.1. The fourth-order valence-electron chi connectivity index (χ4n) is 2.89. The molecule has 2 heterocycles. The van der Waals surface area contributed by atoms with E-state index < -0.39 is 0 Å². The molecule has 3 rings (SSSR count). The van der Waals surface area contributed by atoms with Crippen LogP contribution in [0.4, 0.5) is 4.39 Å². The summed E-state index contributed by atoms with van der Waals surface area (Å²) in [5.41, 5.74) is 0.882. The summed E-state index contributed by atoms with van der Waals surface area (Å²) in [5, 5.41) is 8.93. The third kappa shape index (κ3) is 4.32. The van der Waals surface area contributed by atoms with Gasteiger partial charge in [0.05, 0.1) is 24.6 Å². The van der Waals surface area contributed by atoms with Gasteiger partial charge in [0, 0.05) is 18.8 Å². The van der Waals surface area contributed by atoms with Crippen LogP contribution in [0.25, 0.3) is 0 Å². The fourth-order valence-corrected chi connectivity index (χ4v) is 2.89. The van der Waals surface area contributed by atoms with Gasteiger partial charge in [0.15, 0.2) is 0 Å². The molecular weight excluding hydrogens is 321 g/mol. The van der Waals surface area contributed by atoms with Crippen molar-refractivity contribution in [3.63, 3.8) is 0 Å². The average Bonchev–Trinajstić information content (AvgIpc) is 2.64. The number of halogens is 1. The van der Waals surface area contributed by atoms with E-state index in [1.165, 1.54) is 12.3 Å². The van der Waals surface area contributed by atoms with Gasteiger partial charge in [-0.05, 0) is 30.5 Å². The molecule has 1 amide bonds. The Kier molecular flexibility index (Phi) is 5.24. The Morgan fingerprint density at radius 1 is 1.40 bits per heavy atom. The first-order valence-electron chi connectivity index (χ1n) is 8.19. The number of nitriles is 1. The molecule has 1 atom stereocenters. The average molecular weight is 339 g/mol. The van der Waals surface area contributed by atoms with Crippen molar-refractivity contribution in [1.29, 1.82) is 5.26 Å². The van der Waals surface area contributed by atoms with Crippen LogP contribution in [0.5, 0.6) is 5.88 Å². The van der Waals surface area contributed by atoms with Crippen LogP contribution in [0.15, 0.2) is 42.6 Å². The van der Waals surface area contributed by atoms with E-state index in [1.807, 2.05) is 6.07 Å². The summed E-state index contributed by atoms with van der Waals surface area (Å²) in [6, 6.07) is 11.6. The summed E-state index contributed by atoms with van der Waals surface area (Å²) in [5.74, 6) is -0.0947. The van der Waals surface area contributed by atoms with Crippen LogP contribution in [0.3, 0.4) is 0 Å². The van der Waals surface area contributed by atoms with Gasteiger partial charge in [0.2, 0.25) is 11.8 Å². The summed E-state index contributed by atoms with van der Waals surface area (Å²) < 4.78 is 19.5. The summed E-state index contributed by atoms with van der Waals surface area (Å²) in [7, 11) is 0. The smallest absolute Gasteiger partial charge is 0.227 e. The van der Waals surface area contributed by atoms with Crippen molar-refractivity contribution in [2.45, 2.75) is 25.4 Å². The first-order chi connectivity index (χ1) is 12.2. The van der Waals surface area contributed by atoms with Crippen molar-refractivity contribution < 1.29 is 13.9 Å². The Morgan fingerprint density at radius 3 is 3.04 bits per heavy atom. The molecule has 6 heteroatoms. The molecule has 1 aliphatic rings. The molecule has 0 radical (unpaired) electrons. The second-order valence-electron chi connectivity index (χ2n) is 5.98. The van der Waals surface area contributed by atoms with Gasteiger partial charge in [-0.1, -0.05) is 18.2 Å². The van der Waals surface area contributed by atoms with Crippen LogP contribution >= 0.6 is 0 Å². The number of hydrogen-bond donors (Lipinski definition) is 0. The molecule has 0 spiro atoms. The van der Waals surface area contributed by atoms with Crippen LogP contribution in [0.2, 0.25) is 0 Å². The van der Waals surface area contributed by atoms with Gasteiger partial charge in [0.25, 0.3) is 0 Å². The predicted molar refractivity (Wildman–Crippen MR) is 89.3 cm³/mol. The minimum absolute atomic E-state index is 0.0432. The number of aromatic nitrogens is 1. The molecule has 25 heavy (non-hydrogen) atoms. The van der Waals surface area contributed by atoms with Crippen LogP contribution in [0.1, 0.15) is 24.0 Å². The molecule has 1 aromatic carbocycles. The van der Waals surface area contributed by atoms with E-state index in [2.05, 4.69) is 4.98 Å². The fraction of sp³-hybridized carbons (Fsp3) is 0.316. The monoisotopic (exact) mass is 339 g/mol. The number of pyridine rings is 1. The Labute approximate surface area is 145 Å². The van der Waals surface area contributed by atoms with Gasteiger partial charge in [0.1, 0.15) is 11.9 Å². The summed E-state index contributed by atoms with van der Waals surface area (Å²) >= 11 is 0. The zero-order valence-electron chi connectivity index (χ0n) is 13.7. The van der Waals surface area contributed by atoms with Crippen LogP contribution < -0.4 is 4.74 Å². The zero-order chi connectivity index (χ0) is 17.6. The second-order valence-corrected chi connectivity index (χ2v) is 5.98. The Hall–Kier alpha value is -2.94. The first kappa shape index (κ1) is 16.9. The van der Waals surface area contributed by atoms with Gasteiger partial charge in [-0.15, -0.1) is 0 Å². The molecule has 128 valence electrons. The highest BCUT2D eigenvalue weighted by molar-refractivity contribution is 5.79. The molecule has 1 aliphatic heterocycles. The molecule has 1 fully saturated rings. The topological polar surface area (TPSA) is 66.2 Å². The predicted octanol–water partition coefficient (Wildman–Crippen LogP) is 2.70. The quantitative estimate of drug-likeness (QED) is 0.859. The van der Waals surface area contributed by atoms with E-state index in [9.17, 15) is 9.18 Å². The highest BCUT2D eigenvalue weighted by Gasteiger charge is 2.25.